The minimum Gasteiger partial charge on any atom is -0.496 e. The Labute approximate surface area is 149 Å². The molecule has 3 aromatic rings. The van der Waals surface area contributed by atoms with E-state index in [1.807, 2.05) is 18.3 Å². The van der Waals surface area contributed by atoms with Gasteiger partial charge in [-0.3, -0.25) is 4.90 Å². The number of aromatic nitrogens is 3. The molecule has 3 heterocycles. The fourth-order valence-corrected chi connectivity index (χ4v) is 3.25. The summed E-state index contributed by atoms with van der Waals surface area (Å²) in [6.45, 7) is 3.28. The number of hydrogen-bond acceptors (Lipinski definition) is 5. The second kappa shape index (κ2) is 6.87. The van der Waals surface area contributed by atoms with Crippen molar-refractivity contribution in [3.05, 3.63) is 53.9 Å². The highest BCUT2D eigenvalue weighted by molar-refractivity contribution is 5.46. The Morgan fingerprint density at radius 1 is 1.08 bits per heavy atom. The summed E-state index contributed by atoms with van der Waals surface area (Å²) in [5.41, 5.74) is 1.07. The predicted molar refractivity (Wildman–Crippen MR) is 93.4 cm³/mol. The van der Waals surface area contributed by atoms with Crippen molar-refractivity contribution in [3.8, 4) is 5.75 Å². The van der Waals surface area contributed by atoms with Crippen LogP contribution >= 0.6 is 0 Å². The number of hydrogen-bond donors (Lipinski definition) is 0. The third kappa shape index (κ3) is 3.08. The monoisotopic (exact) mass is 359 g/mol. The maximum absolute atomic E-state index is 14.2. The van der Waals surface area contributed by atoms with Crippen LogP contribution in [0.2, 0.25) is 0 Å². The molecule has 2 aromatic heterocycles. The van der Waals surface area contributed by atoms with Gasteiger partial charge in [0.25, 0.3) is 0 Å². The molecule has 0 bridgehead atoms. The van der Waals surface area contributed by atoms with E-state index in [0.717, 1.165) is 43.7 Å². The zero-order valence-electron chi connectivity index (χ0n) is 14.4. The molecule has 8 heteroatoms. The zero-order chi connectivity index (χ0) is 18.1. The van der Waals surface area contributed by atoms with Gasteiger partial charge < -0.3 is 9.64 Å². The van der Waals surface area contributed by atoms with Gasteiger partial charge in [0.2, 0.25) is 0 Å². The number of rotatable bonds is 4. The molecule has 6 nitrogen and oxygen atoms in total. The van der Waals surface area contributed by atoms with Crippen molar-refractivity contribution in [2.75, 3.05) is 38.2 Å². The lowest BCUT2D eigenvalue weighted by Crippen LogP contribution is -2.46. The molecule has 4 rings (SSSR count). The topological polar surface area (TPSA) is 45.9 Å². The molecule has 1 saturated heterocycles. The van der Waals surface area contributed by atoms with Crippen LogP contribution in [0.15, 0.2) is 36.7 Å². The Hall–Kier alpha value is -2.74. The summed E-state index contributed by atoms with van der Waals surface area (Å²) in [6.07, 6.45) is 3.53. The van der Waals surface area contributed by atoms with E-state index >= 15 is 0 Å². The standard InChI is InChI=1S/C18H19F2N5O/c1-26-15-3-2-14(19)18(20)13(15)12-23-8-10-24(11-9-23)17-5-4-16-21-6-7-25(16)22-17/h2-7H,8-12H2,1H3. The summed E-state index contributed by atoms with van der Waals surface area (Å²) in [5, 5.41) is 4.55. The van der Waals surface area contributed by atoms with E-state index in [1.54, 1.807) is 10.7 Å². The van der Waals surface area contributed by atoms with Crippen LogP contribution in [0.5, 0.6) is 5.75 Å². The van der Waals surface area contributed by atoms with Gasteiger partial charge in [0.05, 0.1) is 7.11 Å². The lowest BCUT2D eigenvalue weighted by Gasteiger charge is -2.35. The quantitative estimate of drug-likeness (QED) is 0.716. The van der Waals surface area contributed by atoms with Crippen molar-refractivity contribution in [1.29, 1.82) is 0 Å². The molecular formula is C18H19F2N5O. The van der Waals surface area contributed by atoms with Gasteiger partial charge in [0.15, 0.2) is 17.3 Å². The fourth-order valence-electron chi connectivity index (χ4n) is 3.25. The van der Waals surface area contributed by atoms with E-state index in [-0.39, 0.29) is 5.56 Å². The number of benzene rings is 1. The fraction of sp³-hybridized carbons (Fsp3) is 0.333. The van der Waals surface area contributed by atoms with Crippen LogP contribution in [0.4, 0.5) is 14.6 Å². The summed E-state index contributed by atoms with van der Waals surface area (Å²) in [4.78, 5) is 8.46. The molecule has 0 saturated carbocycles. The van der Waals surface area contributed by atoms with E-state index < -0.39 is 11.6 Å². The highest BCUT2D eigenvalue weighted by Crippen LogP contribution is 2.26. The van der Waals surface area contributed by atoms with E-state index in [4.69, 9.17) is 4.74 Å². The third-order valence-electron chi connectivity index (χ3n) is 4.69. The van der Waals surface area contributed by atoms with Crippen molar-refractivity contribution in [2.45, 2.75) is 6.54 Å². The average molecular weight is 359 g/mol. The smallest absolute Gasteiger partial charge is 0.167 e. The highest BCUT2D eigenvalue weighted by atomic mass is 19.2. The van der Waals surface area contributed by atoms with E-state index in [2.05, 4.69) is 19.9 Å². The van der Waals surface area contributed by atoms with E-state index in [1.165, 1.54) is 13.2 Å². The molecule has 0 unspecified atom stereocenters. The van der Waals surface area contributed by atoms with Gasteiger partial charge in [-0.15, -0.1) is 5.10 Å². The number of halogens is 2. The van der Waals surface area contributed by atoms with Crippen molar-refractivity contribution < 1.29 is 13.5 Å². The third-order valence-corrected chi connectivity index (χ3v) is 4.69. The van der Waals surface area contributed by atoms with Gasteiger partial charge in [-0.1, -0.05) is 0 Å². The first-order valence-corrected chi connectivity index (χ1v) is 8.44. The first kappa shape index (κ1) is 16.7. The number of piperazine rings is 1. The molecule has 1 fully saturated rings. The first-order chi connectivity index (χ1) is 12.7. The normalized spacial score (nSPS) is 15.6. The number of nitrogens with zero attached hydrogens (tertiary/aromatic N) is 5. The molecule has 0 aliphatic carbocycles. The Morgan fingerprint density at radius 3 is 2.65 bits per heavy atom. The number of anilines is 1. The summed E-state index contributed by atoms with van der Waals surface area (Å²) >= 11 is 0. The lowest BCUT2D eigenvalue weighted by atomic mass is 10.1. The van der Waals surface area contributed by atoms with Crippen molar-refractivity contribution in [1.82, 2.24) is 19.5 Å². The predicted octanol–water partition coefficient (Wildman–Crippen LogP) is 2.34. The molecule has 136 valence electrons. The Kier molecular flexibility index (Phi) is 4.42. The van der Waals surface area contributed by atoms with Gasteiger partial charge >= 0.3 is 0 Å². The Bertz CT molecular complexity index is 921. The molecule has 1 aliphatic heterocycles. The first-order valence-electron chi connectivity index (χ1n) is 8.44. The number of fused-ring (bicyclic) bond motifs is 1. The van der Waals surface area contributed by atoms with Gasteiger partial charge in [-0.25, -0.2) is 18.3 Å². The molecule has 0 spiro atoms. The molecule has 0 atom stereocenters. The maximum Gasteiger partial charge on any atom is 0.167 e. The van der Waals surface area contributed by atoms with Crippen molar-refractivity contribution >= 4 is 11.5 Å². The Morgan fingerprint density at radius 2 is 1.88 bits per heavy atom. The molecule has 0 amide bonds. The molecule has 1 aliphatic rings. The van der Waals surface area contributed by atoms with Crippen molar-refractivity contribution in [2.24, 2.45) is 0 Å². The van der Waals surface area contributed by atoms with E-state index in [0.29, 0.717) is 12.3 Å². The second-order valence-electron chi connectivity index (χ2n) is 6.23. The van der Waals surface area contributed by atoms with Crippen LogP contribution in [0.25, 0.3) is 5.65 Å². The summed E-state index contributed by atoms with van der Waals surface area (Å²) in [6, 6.07) is 6.44. The summed E-state index contributed by atoms with van der Waals surface area (Å²) < 4.78 is 34.6. The van der Waals surface area contributed by atoms with E-state index in [9.17, 15) is 8.78 Å². The van der Waals surface area contributed by atoms with Gasteiger partial charge in [-0.2, -0.15) is 0 Å². The summed E-state index contributed by atoms with van der Waals surface area (Å²) in [7, 11) is 1.46. The SMILES string of the molecule is COc1ccc(F)c(F)c1CN1CCN(c2ccc3nccn3n2)CC1. The number of ether oxygens (including phenoxy) is 1. The van der Waals surface area contributed by atoms with Crippen molar-refractivity contribution in [3.63, 3.8) is 0 Å². The maximum atomic E-state index is 14.2. The van der Waals surface area contributed by atoms with Crippen LogP contribution in [0.1, 0.15) is 5.56 Å². The minimum absolute atomic E-state index is 0.263. The van der Waals surface area contributed by atoms with Crippen LogP contribution in [0.3, 0.4) is 0 Å². The van der Waals surface area contributed by atoms with Crippen LogP contribution in [-0.4, -0.2) is 52.8 Å². The minimum atomic E-state index is -0.850. The highest BCUT2D eigenvalue weighted by Gasteiger charge is 2.22. The number of methoxy groups -OCH3 is 1. The molecular weight excluding hydrogens is 340 g/mol. The van der Waals surface area contributed by atoms with Crippen LogP contribution in [-0.2, 0) is 6.54 Å². The Balaban J connectivity index is 1.45. The van der Waals surface area contributed by atoms with Crippen LogP contribution in [0, 0.1) is 11.6 Å². The van der Waals surface area contributed by atoms with Gasteiger partial charge in [-0.05, 0) is 24.3 Å². The molecule has 0 N–H and O–H groups in total. The zero-order valence-corrected chi connectivity index (χ0v) is 14.4. The van der Waals surface area contributed by atoms with Gasteiger partial charge in [0, 0.05) is 50.7 Å². The van der Waals surface area contributed by atoms with Gasteiger partial charge in [0.1, 0.15) is 11.6 Å². The van der Waals surface area contributed by atoms with Crippen LogP contribution < -0.4 is 9.64 Å². The lowest BCUT2D eigenvalue weighted by molar-refractivity contribution is 0.240. The average Bonchev–Trinajstić information content (AvgIpc) is 3.14. The molecule has 0 radical (unpaired) electrons. The number of imidazole rings is 1. The summed E-state index contributed by atoms with van der Waals surface area (Å²) in [5.74, 6) is -0.431. The second-order valence-corrected chi connectivity index (χ2v) is 6.23. The molecule has 1 aromatic carbocycles. The molecule has 26 heavy (non-hydrogen) atoms. The largest absolute Gasteiger partial charge is 0.496 e.